The molecule has 1 aromatic rings. The van der Waals surface area contributed by atoms with Crippen molar-refractivity contribution in [2.45, 2.75) is 19.4 Å². The molecule has 1 atom stereocenters. The molecule has 1 aliphatic rings. The summed E-state index contributed by atoms with van der Waals surface area (Å²) in [5.41, 5.74) is 8.00. The van der Waals surface area contributed by atoms with E-state index in [1.165, 1.54) is 0 Å². The first-order valence-electron chi connectivity index (χ1n) is 4.37. The van der Waals surface area contributed by atoms with Crippen LogP contribution in [0.25, 0.3) is 0 Å². The average Bonchev–Trinajstić information content (AvgIpc) is 2.02. The van der Waals surface area contributed by atoms with Gasteiger partial charge >= 0.3 is 0 Å². The maximum Gasteiger partial charge on any atom is 0.125 e. The Balaban J connectivity index is 2.56. The number of halogens is 1. The fourth-order valence-corrected chi connectivity index (χ4v) is 2.05. The zero-order valence-electron chi connectivity index (χ0n) is 7.51. The Morgan fingerprint density at radius 1 is 1.54 bits per heavy atom. The van der Waals surface area contributed by atoms with Crippen molar-refractivity contribution in [2.75, 3.05) is 6.61 Å². The van der Waals surface area contributed by atoms with E-state index >= 15 is 0 Å². The van der Waals surface area contributed by atoms with Crippen molar-refractivity contribution in [3.8, 4) is 5.75 Å². The monoisotopic (exact) mass is 197 g/mol. The maximum atomic E-state index is 6.08. The third kappa shape index (κ3) is 1.52. The van der Waals surface area contributed by atoms with Crippen LogP contribution in [0.15, 0.2) is 12.1 Å². The van der Waals surface area contributed by atoms with Crippen LogP contribution in [0.3, 0.4) is 0 Å². The van der Waals surface area contributed by atoms with E-state index in [4.69, 9.17) is 22.1 Å². The number of aryl methyl sites for hydroxylation is 1. The van der Waals surface area contributed by atoms with Crippen molar-refractivity contribution >= 4 is 11.6 Å². The van der Waals surface area contributed by atoms with Crippen LogP contribution in [0, 0.1) is 6.92 Å². The van der Waals surface area contributed by atoms with Crippen LogP contribution in [-0.4, -0.2) is 6.61 Å². The molecule has 3 heteroatoms. The summed E-state index contributed by atoms with van der Waals surface area (Å²) in [7, 11) is 0. The zero-order chi connectivity index (χ0) is 9.42. The van der Waals surface area contributed by atoms with E-state index in [1.807, 2.05) is 19.1 Å². The lowest BCUT2D eigenvalue weighted by Crippen LogP contribution is -2.21. The van der Waals surface area contributed by atoms with Gasteiger partial charge < -0.3 is 10.5 Å². The highest BCUT2D eigenvalue weighted by Gasteiger charge is 2.21. The minimum Gasteiger partial charge on any atom is -0.493 e. The van der Waals surface area contributed by atoms with Crippen molar-refractivity contribution in [1.29, 1.82) is 0 Å². The van der Waals surface area contributed by atoms with Gasteiger partial charge in [0.2, 0.25) is 0 Å². The maximum absolute atomic E-state index is 6.08. The second-order valence-electron chi connectivity index (χ2n) is 3.40. The number of rotatable bonds is 0. The summed E-state index contributed by atoms with van der Waals surface area (Å²) < 4.78 is 5.49. The van der Waals surface area contributed by atoms with Crippen molar-refractivity contribution in [3.05, 3.63) is 28.3 Å². The van der Waals surface area contributed by atoms with Gasteiger partial charge in [-0.3, -0.25) is 0 Å². The number of ether oxygens (including phenoxy) is 1. The minimum absolute atomic E-state index is 0.0249. The molecule has 1 heterocycles. The van der Waals surface area contributed by atoms with Crippen molar-refractivity contribution in [3.63, 3.8) is 0 Å². The highest BCUT2D eigenvalue weighted by atomic mass is 35.5. The lowest BCUT2D eigenvalue weighted by atomic mass is 10.00. The van der Waals surface area contributed by atoms with Gasteiger partial charge in [-0.2, -0.15) is 0 Å². The van der Waals surface area contributed by atoms with Crippen LogP contribution in [0.2, 0.25) is 5.02 Å². The van der Waals surface area contributed by atoms with Crippen LogP contribution in [0.4, 0.5) is 0 Å². The van der Waals surface area contributed by atoms with Crippen LogP contribution < -0.4 is 10.5 Å². The Bertz CT molecular complexity index is 338. The van der Waals surface area contributed by atoms with Gasteiger partial charge in [-0.25, -0.2) is 0 Å². The minimum atomic E-state index is 0.0249. The summed E-state index contributed by atoms with van der Waals surface area (Å²) in [6, 6.07) is 3.94. The summed E-state index contributed by atoms with van der Waals surface area (Å²) in [5, 5.41) is 0.724. The Morgan fingerprint density at radius 3 is 3.08 bits per heavy atom. The molecule has 13 heavy (non-hydrogen) atoms. The number of fused-ring (bicyclic) bond motifs is 1. The summed E-state index contributed by atoms with van der Waals surface area (Å²) in [6.45, 7) is 2.68. The van der Waals surface area contributed by atoms with Crippen LogP contribution in [0.1, 0.15) is 23.6 Å². The van der Waals surface area contributed by atoms with E-state index in [2.05, 4.69) is 0 Å². The Kier molecular flexibility index (Phi) is 2.18. The molecule has 0 radical (unpaired) electrons. The van der Waals surface area contributed by atoms with Gasteiger partial charge in [0.25, 0.3) is 0 Å². The molecule has 0 fully saturated rings. The molecular formula is C10H12ClNO. The van der Waals surface area contributed by atoms with E-state index in [-0.39, 0.29) is 6.04 Å². The molecule has 2 rings (SSSR count). The average molecular weight is 198 g/mol. The number of benzene rings is 1. The largest absolute Gasteiger partial charge is 0.493 e. The van der Waals surface area contributed by atoms with Gasteiger partial charge in [0.05, 0.1) is 6.61 Å². The smallest absolute Gasteiger partial charge is 0.125 e. The predicted molar refractivity (Wildman–Crippen MR) is 53.2 cm³/mol. The van der Waals surface area contributed by atoms with Crippen LogP contribution in [-0.2, 0) is 0 Å². The summed E-state index contributed by atoms with van der Waals surface area (Å²) in [4.78, 5) is 0. The van der Waals surface area contributed by atoms with Crippen LogP contribution in [0.5, 0.6) is 5.75 Å². The summed E-state index contributed by atoms with van der Waals surface area (Å²) >= 11 is 6.08. The molecule has 1 aliphatic heterocycles. The highest BCUT2D eigenvalue weighted by molar-refractivity contribution is 6.31. The lowest BCUT2D eigenvalue weighted by Gasteiger charge is -2.24. The Morgan fingerprint density at radius 2 is 2.31 bits per heavy atom. The molecule has 1 unspecified atom stereocenters. The SMILES string of the molecule is Cc1cc(Cl)c2c(c1)OCCC2N. The third-order valence-electron chi connectivity index (χ3n) is 2.29. The quantitative estimate of drug-likeness (QED) is 0.694. The first-order chi connectivity index (χ1) is 6.18. The lowest BCUT2D eigenvalue weighted by molar-refractivity contribution is 0.269. The van der Waals surface area contributed by atoms with Gasteiger partial charge in [-0.15, -0.1) is 0 Å². The van der Waals surface area contributed by atoms with E-state index in [1.54, 1.807) is 0 Å². The van der Waals surface area contributed by atoms with E-state index < -0.39 is 0 Å². The second-order valence-corrected chi connectivity index (χ2v) is 3.81. The third-order valence-corrected chi connectivity index (χ3v) is 2.61. The molecule has 0 saturated carbocycles. The van der Waals surface area contributed by atoms with E-state index in [0.717, 1.165) is 28.3 Å². The number of hydrogen-bond donors (Lipinski definition) is 1. The van der Waals surface area contributed by atoms with Crippen molar-refractivity contribution in [2.24, 2.45) is 5.73 Å². The molecule has 0 aliphatic carbocycles. The standard InChI is InChI=1S/C10H12ClNO/c1-6-4-7(11)10-8(12)2-3-13-9(10)5-6/h4-5,8H,2-3,12H2,1H3. The molecule has 0 aromatic heterocycles. The molecule has 0 bridgehead atoms. The van der Waals surface area contributed by atoms with Gasteiger partial charge in [0, 0.05) is 23.0 Å². The van der Waals surface area contributed by atoms with Gasteiger partial charge in [-0.1, -0.05) is 11.6 Å². The number of hydrogen-bond acceptors (Lipinski definition) is 2. The molecule has 1 aromatic carbocycles. The highest BCUT2D eigenvalue weighted by Crippen LogP contribution is 2.36. The normalized spacial score (nSPS) is 20.7. The predicted octanol–water partition coefficient (Wildman–Crippen LogP) is 2.43. The summed E-state index contributed by atoms with van der Waals surface area (Å²) in [6.07, 6.45) is 0.843. The van der Waals surface area contributed by atoms with Crippen LogP contribution >= 0.6 is 11.6 Å². The van der Waals surface area contributed by atoms with Crippen molar-refractivity contribution in [1.82, 2.24) is 0 Å². The number of nitrogens with two attached hydrogens (primary N) is 1. The molecule has 2 N–H and O–H groups in total. The molecule has 70 valence electrons. The van der Waals surface area contributed by atoms with E-state index in [9.17, 15) is 0 Å². The van der Waals surface area contributed by atoms with Gasteiger partial charge in [-0.05, 0) is 24.6 Å². The molecule has 2 nitrogen and oxygen atoms in total. The fourth-order valence-electron chi connectivity index (χ4n) is 1.64. The van der Waals surface area contributed by atoms with E-state index in [0.29, 0.717) is 6.61 Å². The Labute approximate surface area is 82.6 Å². The summed E-state index contributed by atoms with van der Waals surface area (Å²) in [5.74, 6) is 0.851. The first kappa shape index (κ1) is 8.85. The molecule has 0 saturated heterocycles. The van der Waals surface area contributed by atoms with Gasteiger partial charge in [0.1, 0.15) is 5.75 Å². The molecule has 0 amide bonds. The second kappa shape index (κ2) is 3.20. The zero-order valence-corrected chi connectivity index (χ0v) is 8.27. The molecular weight excluding hydrogens is 186 g/mol. The first-order valence-corrected chi connectivity index (χ1v) is 4.74. The fraction of sp³-hybridized carbons (Fsp3) is 0.400. The topological polar surface area (TPSA) is 35.2 Å². The molecule has 0 spiro atoms. The Hall–Kier alpha value is -0.730. The van der Waals surface area contributed by atoms with Crippen molar-refractivity contribution < 1.29 is 4.74 Å². The van der Waals surface area contributed by atoms with Gasteiger partial charge in [0.15, 0.2) is 0 Å².